The lowest BCUT2D eigenvalue weighted by atomic mass is 9.89. The molecule has 39 heavy (non-hydrogen) atoms. The highest BCUT2D eigenvalue weighted by molar-refractivity contribution is 7.56. The Morgan fingerprint density at radius 2 is 1.74 bits per heavy atom. The molecule has 0 radical (unpaired) electrons. The van der Waals surface area contributed by atoms with E-state index in [0.717, 1.165) is 57.1 Å². The Morgan fingerprint density at radius 3 is 2.31 bits per heavy atom. The molecular formula is C26H42N7O5P. The third-order valence-corrected chi connectivity index (χ3v) is 10.2. The number of nitrogen functional groups attached to an aromatic ring is 1. The molecule has 216 valence electrons. The molecule has 2 fully saturated rings. The SMILES string of the molecule is CC(Cn1cnc2c(N)ncnc21)OCP(=O)(ON=C(C1CCCC1)C1CCCC1)N(C(C)C)C(C)C(=O)O. The van der Waals surface area contributed by atoms with Crippen LogP contribution in [0.25, 0.3) is 11.2 Å². The fourth-order valence-electron chi connectivity index (χ4n) is 5.93. The quantitative estimate of drug-likeness (QED) is 0.195. The van der Waals surface area contributed by atoms with Crippen molar-refractivity contribution in [3.63, 3.8) is 0 Å². The van der Waals surface area contributed by atoms with Crippen LogP contribution in [0.4, 0.5) is 5.82 Å². The average Bonchev–Trinajstić information content (AvgIpc) is 3.67. The molecule has 0 aliphatic heterocycles. The summed E-state index contributed by atoms with van der Waals surface area (Å²) in [6.07, 6.45) is 11.1. The Labute approximate surface area is 229 Å². The summed E-state index contributed by atoms with van der Waals surface area (Å²) in [5.74, 6) is -0.137. The van der Waals surface area contributed by atoms with Gasteiger partial charge in [0.05, 0.1) is 24.7 Å². The number of hydrogen-bond donors (Lipinski definition) is 2. The minimum absolute atomic E-state index is 0.290. The van der Waals surface area contributed by atoms with Gasteiger partial charge in [-0.05, 0) is 53.4 Å². The highest BCUT2D eigenvalue weighted by Gasteiger charge is 2.43. The fourth-order valence-corrected chi connectivity index (χ4v) is 8.19. The van der Waals surface area contributed by atoms with Gasteiger partial charge in [0.15, 0.2) is 11.5 Å². The number of hydrogen-bond acceptors (Lipinski definition) is 9. The van der Waals surface area contributed by atoms with Crippen molar-refractivity contribution in [1.29, 1.82) is 0 Å². The van der Waals surface area contributed by atoms with Crippen LogP contribution in [-0.4, -0.2) is 65.5 Å². The number of rotatable bonds is 13. The predicted octanol–water partition coefficient (Wildman–Crippen LogP) is 4.90. The van der Waals surface area contributed by atoms with Gasteiger partial charge in [0.1, 0.15) is 24.2 Å². The Hall–Kier alpha value is -2.56. The smallest absolute Gasteiger partial charge is 0.367 e. The van der Waals surface area contributed by atoms with Gasteiger partial charge >= 0.3 is 13.5 Å². The maximum Gasteiger partial charge on any atom is 0.367 e. The number of oxime groups is 1. The molecule has 2 aliphatic rings. The van der Waals surface area contributed by atoms with Gasteiger partial charge in [-0.2, -0.15) is 0 Å². The van der Waals surface area contributed by atoms with Crippen molar-refractivity contribution in [3.8, 4) is 0 Å². The van der Waals surface area contributed by atoms with Crippen molar-refractivity contribution in [2.24, 2.45) is 17.0 Å². The molecule has 3 atom stereocenters. The Balaban J connectivity index is 1.57. The number of imidazole rings is 1. The van der Waals surface area contributed by atoms with Gasteiger partial charge in [-0.25, -0.2) is 19.6 Å². The molecule has 0 amide bonds. The standard InChI is InChI=1S/C26H42N7O5P/c1-17(2)33(19(4)26(34)35)39(36,38-31-22(20-9-5-6-10-20)21-11-7-8-12-21)16-37-18(3)13-32-15-30-23-24(27)28-14-29-25(23)32/h14-15,17-21H,5-13,16H2,1-4H3,(H,34,35)(H2,27,28,29). The van der Waals surface area contributed by atoms with Crippen molar-refractivity contribution in [1.82, 2.24) is 24.2 Å². The molecule has 0 bridgehead atoms. The van der Waals surface area contributed by atoms with E-state index >= 15 is 0 Å². The average molecular weight is 564 g/mol. The van der Waals surface area contributed by atoms with Gasteiger partial charge in [0, 0.05) is 17.9 Å². The minimum Gasteiger partial charge on any atom is -0.480 e. The number of carboxylic acids is 1. The molecule has 0 aromatic carbocycles. The molecule has 0 saturated heterocycles. The van der Waals surface area contributed by atoms with E-state index in [4.69, 9.17) is 15.1 Å². The van der Waals surface area contributed by atoms with Crippen LogP contribution in [0.3, 0.4) is 0 Å². The van der Waals surface area contributed by atoms with E-state index < -0.39 is 25.6 Å². The number of nitrogens with two attached hydrogens (primary N) is 1. The van der Waals surface area contributed by atoms with Gasteiger partial charge in [-0.1, -0.05) is 30.8 Å². The maximum atomic E-state index is 14.6. The van der Waals surface area contributed by atoms with Gasteiger partial charge in [0.25, 0.3) is 0 Å². The number of aliphatic carboxylic acids is 1. The second-order valence-electron chi connectivity index (χ2n) is 11.1. The first-order valence-corrected chi connectivity index (χ1v) is 15.8. The van der Waals surface area contributed by atoms with Gasteiger partial charge in [-0.3, -0.25) is 9.36 Å². The molecule has 4 rings (SSSR count). The summed E-state index contributed by atoms with van der Waals surface area (Å²) in [6.45, 7) is 7.33. The Morgan fingerprint density at radius 1 is 1.13 bits per heavy atom. The number of aromatic nitrogens is 4. The topological polar surface area (TPSA) is 158 Å². The zero-order chi connectivity index (χ0) is 28.2. The molecule has 2 aliphatic carbocycles. The lowest BCUT2D eigenvalue weighted by Gasteiger charge is -2.35. The first-order chi connectivity index (χ1) is 18.6. The molecule has 2 aromatic rings. The number of carbonyl (C=O) groups is 1. The molecular weight excluding hydrogens is 521 g/mol. The second kappa shape index (κ2) is 12.7. The van der Waals surface area contributed by atoms with Crippen LogP contribution in [0.2, 0.25) is 0 Å². The summed E-state index contributed by atoms with van der Waals surface area (Å²) in [7, 11) is -3.86. The van der Waals surface area contributed by atoms with Crippen LogP contribution in [-0.2, 0) is 25.3 Å². The summed E-state index contributed by atoms with van der Waals surface area (Å²) in [6, 6.07) is -1.43. The van der Waals surface area contributed by atoms with E-state index in [1.807, 2.05) is 6.92 Å². The Kier molecular flexibility index (Phi) is 9.61. The van der Waals surface area contributed by atoms with E-state index in [0.29, 0.717) is 35.4 Å². The number of nitrogens with zero attached hydrogens (tertiary/aromatic N) is 6. The van der Waals surface area contributed by atoms with Crippen molar-refractivity contribution in [3.05, 3.63) is 12.7 Å². The number of fused-ring (bicyclic) bond motifs is 1. The lowest BCUT2D eigenvalue weighted by Crippen LogP contribution is -2.42. The van der Waals surface area contributed by atoms with E-state index in [2.05, 4.69) is 20.1 Å². The molecule has 3 N–H and O–H groups in total. The zero-order valence-corrected chi connectivity index (χ0v) is 24.3. The van der Waals surface area contributed by atoms with E-state index in [1.165, 1.54) is 17.9 Å². The second-order valence-corrected chi connectivity index (χ2v) is 13.3. The molecule has 2 aromatic heterocycles. The summed E-state index contributed by atoms with van der Waals surface area (Å²) < 4.78 is 29.8. The third-order valence-electron chi connectivity index (χ3n) is 7.86. The first-order valence-electron chi connectivity index (χ1n) is 14.0. The van der Waals surface area contributed by atoms with Crippen molar-refractivity contribution >= 4 is 36.2 Å². The summed E-state index contributed by atoms with van der Waals surface area (Å²) in [5.41, 5.74) is 7.97. The van der Waals surface area contributed by atoms with Crippen molar-refractivity contribution in [2.75, 3.05) is 12.1 Å². The van der Waals surface area contributed by atoms with E-state index in [1.54, 1.807) is 24.7 Å². The molecule has 12 nitrogen and oxygen atoms in total. The zero-order valence-electron chi connectivity index (χ0n) is 23.4. The largest absolute Gasteiger partial charge is 0.480 e. The van der Waals surface area contributed by atoms with Gasteiger partial charge < -0.3 is 24.8 Å². The van der Waals surface area contributed by atoms with Crippen LogP contribution < -0.4 is 5.73 Å². The summed E-state index contributed by atoms with van der Waals surface area (Å²) in [5, 5.41) is 14.4. The summed E-state index contributed by atoms with van der Waals surface area (Å²) in [4.78, 5) is 24.5. The highest BCUT2D eigenvalue weighted by Crippen LogP contribution is 2.54. The third kappa shape index (κ3) is 6.78. The normalized spacial score (nSPS) is 19.9. The fraction of sp³-hybridized carbons (Fsp3) is 0.731. The maximum absolute atomic E-state index is 14.6. The van der Waals surface area contributed by atoms with Crippen LogP contribution in [0, 0.1) is 11.8 Å². The van der Waals surface area contributed by atoms with Crippen LogP contribution in [0.1, 0.15) is 79.1 Å². The minimum atomic E-state index is -3.86. The monoisotopic (exact) mass is 563 g/mol. The molecule has 0 spiro atoms. The summed E-state index contributed by atoms with van der Waals surface area (Å²) >= 11 is 0. The number of anilines is 1. The number of carboxylic acid groups (broad SMARTS) is 1. The highest BCUT2D eigenvalue weighted by atomic mass is 31.2. The molecule has 2 saturated carbocycles. The van der Waals surface area contributed by atoms with E-state index in [9.17, 15) is 14.5 Å². The lowest BCUT2D eigenvalue weighted by molar-refractivity contribution is -0.141. The van der Waals surface area contributed by atoms with E-state index in [-0.39, 0.29) is 12.4 Å². The number of ether oxygens (including phenoxy) is 1. The van der Waals surface area contributed by atoms with Gasteiger partial charge in [0.2, 0.25) is 0 Å². The van der Waals surface area contributed by atoms with Gasteiger partial charge in [-0.15, -0.1) is 0 Å². The molecule has 13 heteroatoms. The Bertz CT molecular complexity index is 1190. The molecule has 2 heterocycles. The van der Waals surface area contributed by atoms with Crippen molar-refractivity contribution in [2.45, 2.75) is 104 Å². The predicted molar refractivity (Wildman–Crippen MR) is 149 cm³/mol. The van der Waals surface area contributed by atoms with Crippen LogP contribution in [0.5, 0.6) is 0 Å². The molecule has 3 unspecified atom stereocenters. The van der Waals surface area contributed by atoms with Crippen LogP contribution in [0.15, 0.2) is 17.8 Å². The van der Waals surface area contributed by atoms with Crippen molar-refractivity contribution < 1.29 is 23.8 Å². The van der Waals surface area contributed by atoms with Crippen LogP contribution >= 0.6 is 7.52 Å². The first kappa shape index (κ1) is 29.4.